The Bertz CT molecular complexity index is 1230. The van der Waals surface area contributed by atoms with Crippen molar-refractivity contribution in [3.05, 3.63) is 97.2 Å². The molecule has 1 heterocycles. The third-order valence-corrected chi connectivity index (χ3v) is 7.46. The first-order valence-corrected chi connectivity index (χ1v) is 18.3. The van der Waals surface area contributed by atoms with Crippen molar-refractivity contribution in [1.82, 2.24) is 0 Å². The number of carboxylic acids is 1. The van der Waals surface area contributed by atoms with Gasteiger partial charge in [0.25, 0.3) is 0 Å². The number of carbonyl (C=O) groups excluding carboxylic acids is 2. The topological polar surface area (TPSA) is 169 Å². The summed E-state index contributed by atoms with van der Waals surface area (Å²) in [5, 5.41) is 39.6. The van der Waals surface area contributed by atoms with E-state index in [1.54, 1.807) is 0 Å². The molecule has 6 atom stereocenters. The fourth-order valence-electron chi connectivity index (χ4n) is 4.61. The number of aliphatic carboxylic acids is 1. The molecule has 1 rings (SSSR count). The van der Waals surface area contributed by atoms with E-state index in [-0.39, 0.29) is 19.4 Å². The second-order valence-corrected chi connectivity index (χ2v) is 11.9. The Balaban J connectivity index is 2.59. The summed E-state index contributed by atoms with van der Waals surface area (Å²) in [5.74, 6) is -2.68. The first-order chi connectivity index (χ1) is 25.2. The van der Waals surface area contributed by atoms with Crippen LogP contribution < -0.4 is 0 Å². The third kappa shape index (κ3) is 22.8. The van der Waals surface area contributed by atoms with Crippen LogP contribution in [-0.4, -0.2) is 88.4 Å². The number of aliphatic hydroxyl groups excluding tert-OH is 3. The lowest BCUT2D eigenvalue weighted by atomic mass is 9.99. The van der Waals surface area contributed by atoms with Crippen LogP contribution in [0.15, 0.2) is 97.2 Å². The molecule has 11 nitrogen and oxygen atoms in total. The van der Waals surface area contributed by atoms with Crippen molar-refractivity contribution in [2.45, 2.75) is 128 Å². The van der Waals surface area contributed by atoms with Crippen molar-refractivity contribution in [3.8, 4) is 0 Å². The van der Waals surface area contributed by atoms with Gasteiger partial charge in [-0.15, -0.1) is 0 Å². The molecule has 11 heteroatoms. The number of rotatable bonds is 27. The summed E-state index contributed by atoms with van der Waals surface area (Å²) in [7, 11) is 0. The largest absolute Gasteiger partial charge is 0.479 e. The van der Waals surface area contributed by atoms with Crippen LogP contribution in [0.3, 0.4) is 0 Å². The molecule has 0 bridgehead atoms. The first kappa shape index (κ1) is 46.2. The average Bonchev–Trinajstić information content (AvgIpc) is 3.12. The molecular formula is C41H60O11. The lowest BCUT2D eigenvalue weighted by molar-refractivity contribution is -0.298. The maximum Gasteiger partial charge on any atom is 0.335 e. The summed E-state index contributed by atoms with van der Waals surface area (Å²) in [6, 6.07) is 0. The summed E-state index contributed by atoms with van der Waals surface area (Å²) in [6.07, 6.45) is 30.8. The minimum atomic E-state index is -1.88. The fraction of sp³-hybridized carbons (Fsp3) is 0.537. The van der Waals surface area contributed by atoms with Gasteiger partial charge in [-0.05, 0) is 64.2 Å². The van der Waals surface area contributed by atoms with Gasteiger partial charge in [-0.3, -0.25) is 9.59 Å². The number of aliphatic hydroxyl groups is 3. The van der Waals surface area contributed by atoms with Crippen LogP contribution in [0.25, 0.3) is 0 Å². The van der Waals surface area contributed by atoms with E-state index in [0.717, 1.165) is 44.9 Å². The molecule has 0 aromatic carbocycles. The summed E-state index contributed by atoms with van der Waals surface area (Å²) in [4.78, 5) is 36.5. The van der Waals surface area contributed by atoms with E-state index in [0.29, 0.717) is 19.3 Å². The van der Waals surface area contributed by atoms with Gasteiger partial charge in [-0.1, -0.05) is 111 Å². The van der Waals surface area contributed by atoms with E-state index in [1.165, 1.54) is 0 Å². The van der Waals surface area contributed by atoms with Gasteiger partial charge in [0.05, 0.1) is 6.61 Å². The third-order valence-electron chi connectivity index (χ3n) is 7.46. The molecule has 4 N–H and O–H groups in total. The van der Waals surface area contributed by atoms with Crippen LogP contribution in [0.1, 0.15) is 90.9 Å². The van der Waals surface area contributed by atoms with Gasteiger partial charge in [0.15, 0.2) is 18.5 Å². The predicted molar refractivity (Wildman–Crippen MR) is 201 cm³/mol. The van der Waals surface area contributed by atoms with Gasteiger partial charge < -0.3 is 39.4 Å². The van der Waals surface area contributed by atoms with E-state index in [1.807, 2.05) is 36.5 Å². The summed E-state index contributed by atoms with van der Waals surface area (Å²) in [5.41, 5.74) is 0. The summed E-state index contributed by atoms with van der Waals surface area (Å²) in [6.45, 7) is 3.40. The number of carbonyl (C=O) groups is 3. The quantitative estimate of drug-likeness (QED) is 0.0537. The summed E-state index contributed by atoms with van der Waals surface area (Å²) >= 11 is 0. The Morgan fingerprint density at radius 3 is 1.44 bits per heavy atom. The molecule has 0 aromatic rings. The van der Waals surface area contributed by atoms with Crippen LogP contribution in [0.5, 0.6) is 0 Å². The van der Waals surface area contributed by atoms with Crippen LogP contribution in [0.2, 0.25) is 0 Å². The number of allylic oxidation sites excluding steroid dienone is 16. The van der Waals surface area contributed by atoms with Gasteiger partial charge in [0.1, 0.15) is 24.9 Å². The van der Waals surface area contributed by atoms with Crippen molar-refractivity contribution in [3.63, 3.8) is 0 Å². The van der Waals surface area contributed by atoms with Crippen molar-refractivity contribution in [2.24, 2.45) is 0 Å². The van der Waals surface area contributed by atoms with E-state index in [4.69, 9.17) is 18.9 Å². The minimum absolute atomic E-state index is 0.0407. The molecule has 0 aliphatic carbocycles. The SMILES string of the molecule is CC/C=C\C/C=C\C/C=C\C/C=C\CCC(=O)OCC(COC1OC(C(=O)O)C(O)C(O)C1O)OC(=O)CC/C=C\C/C=C\C/C=C\C/C=C\CC. The van der Waals surface area contributed by atoms with Crippen molar-refractivity contribution in [1.29, 1.82) is 0 Å². The lowest BCUT2D eigenvalue weighted by Crippen LogP contribution is -2.60. The number of hydrogen-bond acceptors (Lipinski definition) is 10. The number of hydrogen-bond donors (Lipinski definition) is 4. The molecule has 1 aliphatic heterocycles. The molecule has 1 aliphatic rings. The Morgan fingerprint density at radius 1 is 0.577 bits per heavy atom. The van der Waals surface area contributed by atoms with Crippen molar-refractivity contribution in [2.75, 3.05) is 13.2 Å². The Kier molecular flexibility index (Phi) is 27.3. The number of carboxylic acid groups (broad SMARTS) is 1. The number of ether oxygens (including phenoxy) is 4. The van der Waals surface area contributed by atoms with Crippen LogP contribution in [0, 0.1) is 0 Å². The normalized spacial score (nSPS) is 22.1. The monoisotopic (exact) mass is 728 g/mol. The first-order valence-electron chi connectivity index (χ1n) is 18.3. The smallest absolute Gasteiger partial charge is 0.335 e. The zero-order valence-electron chi connectivity index (χ0n) is 30.7. The average molecular weight is 729 g/mol. The van der Waals surface area contributed by atoms with E-state index in [9.17, 15) is 34.8 Å². The standard InChI is InChI=1S/C41H60O11/c1-3-5-7-9-11-13-15-17-19-21-23-25-27-29-34(42)49-31-33(32-50-41-38(46)36(44)37(45)39(52-41)40(47)48)51-35(43)30-28-26-24-22-20-18-16-14-12-10-8-6-4-2/h5-8,11-14,17-20,23-26,33,36-39,41,44-46H,3-4,9-10,15-16,21-22,27-32H2,1-2H3,(H,47,48)/b7-5-,8-6-,13-11-,14-12-,19-17-,20-18-,25-23-,26-24-. The highest BCUT2D eigenvalue weighted by molar-refractivity contribution is 5.73. The molecular weight excluding hydrogens is 668 g/mol. The second-order valence-electron chi connectivity index (χ2n) is 11.9. The van der Waals surface area contributed by atoms with E-state index >= 15 is 0 Å². The zero-order valence-corrected chi connectivity index (χ0v) is 30.7. The zero-order chi connectivity index (χ0) is 38.2. The fourth-order valence-corrected chi connectivity index (χ4v) is 4.61. The van der Waals surface area contributed by atoms with E-state index < -0.39 is 61.3 Å². The molecule has 290 valence electrons. The van der Waals surface area contributed by atoms with Crippen LogP contribution in [0.4, 0.5) is 0 Å². The maximum absolute atomic E-state index is 12.6. The van der Waals surface area contributed by atoms with Gasteiger partial charge in [-0.2, -0.15) is 0 Å². The highest BCUT2D eigenvalue weighted by Crippen LogP contribution is 2.23. The molecule has 1 saturated heterocycles. The Labute approximate surface area is 309 Å². The minimum Gasteiger partial charge on any atom is -0.479 e. The Hall–Kier alpha value is -3.87. The molecule has 0 spiro atoms. The second kappa shape index (κ2) is 30.7. The Morgan fingerprint density at radius 2 is 1.00 bits per heavy atom. The molecule has 1 fully saturated rings. The highest BCUT2D eigenvalue weighted by Gasteiger charge is 2.47. The highest BCUT2D eigenvalue weighted by atomic mass is 16.7. The molecule has 52 heavy (non-hydrogen) atoms. The van der Waals surface area contributed by atoms with Crippen molar-refractivity contribution < 1.29 is 53.8 Å². The van der Waals surface area contributed by atoms with Crippen molar-refractivity contribution >= 4 is 17.9 Å². The summed E-state index contributed by atoms with van der Waals surface area (Å²) < 4.78 is 21.4. The van der Waals surface area contributed by atoms with Crippen LogP contribution in [-0.2, 0) is 33.3 Å². The maximum atomic E-state index is 12.6. The number of esters is 2. The van der Waals surface area contributed by atoms with E-state index in [2.05, 4.69) is 74.6 Å². The molecule has 0 radical (unpaired) electrons. The van der Waals surface area contributed by atoms with Gasteiger partial charge in [-0.25, -0.2) is 4.79 Å². The predicted octanol–water partition coefficient (Wildman–Crippen LogP) is 6.52. The van der Waals surface area contributed by atoms with Crippen LogP contribution >= 0.6 is 0 Å². The van der Waals surface area contributed by atoms with Gasteiger partial charge >= 0.3 is 17.9 Å². The lowest BCUT2D eigenvalue weighted by Gasteiger charge is -2.38. The molecule has 0 saturated carbocycles. The van der Waals surface area contributed by atoms with Gasteiger partial charge in [0, 0.05) is 12.8 Å². The molecule has 6 unspecified atom stereocenters. The van der Waals surface area contributed by atoms with Gasteiger partial charge in [0.2, 0.25) is 0 Å². The molecule has 0 amide bonds. The molecule has 0 aromatic heterocycles.